The molecule has 2 fully saturated rings. The molecule has 2 aliphatic rings. The topological polar surface area (TPSA) is 72.9 Å². The highest BCUT2D eigenvalue weighted by atomic mass is 16.4. The Kier molecular flexibility index (Phi) is 5.22. The van der Waals surface area contributed by atoms with Crippen molar-refractivity contribution < 1.29 is 14.7 Å². The van der Waals surface area contributed by atoms with E-state index in [2.05, 4.69) is 17.3 Å². The quantitative estimate of drug-likeness (QED) is 0.792. The van der Waals surface area contributed by atoms with Crippen molar-refractivity contribution in [1.82, 2.24) is 15.1 Å². The van der Waals surface area contributed by atoms with Crippen LogP contribution in [0.2, 0.25) is 0 Å². The molecule has 1 saturated carbocycles. The molecule has 1 amide bonds. The lowest BCUT2D eigenvalue weighted by atomic mass is 9.79. The SMILES string of the molecule is CC(NC1(C(=O)N2CCN(C)CC2)CCCCC1)C(=O)O. The summed E-state index contributed by atoms with van der Waals surface area (Å²) in [5, 5.41) is 12.3. The molecule has 0 spiro atoms. The number of rotatable bonds is 4. The van der Waals surface area contributed by atoms with Gasteiger partial charge in [0.15, 0.2) is 0 Å². The minimum absolute atomic E-state index is 0.100. The molecule has 21 heavy (non-hydrogen) atoms. The first-order valence-electron chi connectivity index (χ1n) is 7.93. The Balaban J connectivity index is 2.11. The van der Waals surface area contributed by atoms with Gasteiger partial charge in [-0.25, -0.2) is 0 Å². The third-order valence-electron chi connectivity index (χ3n) is 4.77. The van der Waals surface area contributed by atoms with Crippen LogP contribution in [-0.4, -0.2) is 71.6 Å². The first-order chi connectivity index (χ1) is 9.94. The Bertz CT molecular complexity index is 386. The molecule has 0 aromatic heterocycles. The predicted octanol–water partition coefficient (Wildman–Crippen LogP) is 0.526. The number of nitrogens with zero attached hydrogens (tertiary/aromatic N) is 2. The fourth-order valence-electron chi connectivity index (χ4n) is 3.36. The monoisotopic (exact) mass is 297 g/mol. The summed E-state index contributed by atoms with van der Waals surface area (Å²) in [7, 11) is 2.06. The number of carboxylic acids is 1. The number of hydrogen-bond donors (Lipinski definition) is 2. The number of aliphatic carboxylic acids is 1. The summed E-state index contributed by atoms with van der Waals surface area (Å²) < 4.78 is 0. The molecule has 6 nitrogen and oxygen atoms in total. The maximum absolute atomic E-state index is 13.0. The fraction of sp³-hybridized carbons (Fsp3) is 0.867. The van der Waals surface area contributed by atoms with Crippen LogP contribution in [0.3, 0.4) is 0 Å². The lowest BCUT2D eigenvalue weighted by Gasteiger charge is -2.43. The van der Waals surface area contributed by atoms with Crippen molar-refractivity contribution in [3.05, 3.63) is 0 Å². The second-order valence-corrected chi connectivity index (χ2v) is 6.44. The van der Waals surface area contributed by atoms with Gasteiger partial charge in [-0.15, -0.1) is 0 Å². The molecule has 6 heteroatoms. The summed E-state index contributed by atoms with van der Waals surface area (Å²) in [5.41, 5.74) is -0.675. The standard InChI is InChI=1S/C15H27N3O3/c1-12(13(19)20)16-15(6-4-3-5-7-15)14(21)18-10-8-17(2)9-11-18/h12,16H,3-11H2,1-2H3,(H,19,20). The van der Waals surface area contributed by atoms with Crippen LogP contribution < -0.4 is 5.32 Å². The molecular weight excluding hydrogens is 270 g/mol. The number of carbonyl (C=O) groups excluding carboxylic acids is 1. The van der Waals surface area contributed by atoms with Gasteiger partial charge in [0.25, 0.3) is 0 Å². The Morgan fingerprint density at radius 1 is 1.10 bits per heavy atom. The van der Waals surface area contributed by atoms with Crippen molar-refractivity contribution in [2.24, 2.45) is 0 Å². The van der Waals surface area contributed by atoms with Crippen LogP contribution in [0.1, 0.15) is 39.0 Å². The smallest absolute Gasteiger partial charge is 0.320 e. The van der Waals surface area contributed by atoms with Gasteiger partial charge in [0.2, 0.25) is 5.91 Å². The predicted molar refractivity (Wildman–Crippen MR) is 80.1 cm³/mol. The largest absolute Gasteiger partial charge is 0.480 e. The molecule has 2 rings (SSSR count). The molecule has 120 valence electrons. The van der Waals surface area contributed by atoms with Gasteiger partial charge in [0, 0.05) is 26.2 Å². The van der Waals surface area contributed by atoms with Gasteiger partial charge in [-0.2, -0.15) is 0 Å². The molecule has 0 aromatic carbocycles. The van der Waals surface area contributed by atoms with Crippen LogP contribution in [0.5, 0.6) is 0 Å². The van der Waals surface area contributed by atoms with Crippen molar-refractivity contribution in [3.63, 3.8) is 0 Å². The number of likely N-dealkylation sites (N-methyl/N-ethyl adjacent to an activating group) is 1. The van der Waals surface area contributed by atoms with Gasteiger partial charge in [0.05, 0.1) is 5.54 Å². The molecular formula is C15H27N3O3. The second-order valence-electron chi connectivity index (χ2n) is 6.44. The number of piperazine rings is 1. The maximum atomic E-state index is 13.0. The number of hydrogen-bond acceptors (Lipinski definition) is 4. The minimum Gasteiger partial charge on any atom is -0.480 e. The summed E-state index contributed by atoms with van der Waals surface area (Å²) in [4.78, 5) is 28.3. The molecule has 1 aliphatic heterocycles. The number of amides is 1. The Hall–Kier alpha value is -1.14. The lowest BCUT2D eigenvalue weighted by Crippen LogP contribution is -2.64. The van der Waals surface area contributed by atoms with E-state index in [1.54, 1.807) is 6.92 Å². The van der Waals surface area contributed by atoms with Gasteiger partial charge in [-0.1, -0.05) is 19.3 Å². The Morgan fingerprint density at radius 2 is 1.67 bits per heavy atom. The third-order valence-corrected chi connectivity index (χ3v) is 4.77. The lowest BCUT2D eigenvalue weighted by molar-refractivity contribution is -0.145. The van der Waals surface area contributed by atoms with Crippen molar-refractivity contribution in [1.29, 1.82) is 0 Å². The number of nitrogens with one attached hydrogen (secondary N) is 1. The molecule has 1 heterocycles. The normalized spacial score (nSPS) is 24.6. The van der Waals surface area contributed by atoms with Crippen LogP contribution in [-0.2, 0) is 9.59 Å². The minimum atomic E-state index is -0.897. The highest BCUT2D eigenvalue weighted by Gasteiger charge is 2.43. The van der Waals surface area contributed by atoms with E-state index in [0.717, 1.165) is 58.3 Å². The molecule has 0 aromatic rings. The van der Waals surface area contributed by atoms with Crippen LogP contribution in [0.15, 0.2) is 0 Å². The molecule has 0 radical (unpaired) electrons. The van der Waals surface area contributed by atoms with Crippen molar-refractivity contribution in [2.45, 2.75) is 50.6 Å². The molecule has 1 aliphatic carbocycles. The van der Waals surface area contributed by atoms with Gasteiger partial charge in [-0.05, 0) is 26.8 Å². The average molecular weight is 297 g/mol. The van der Waals surface area contributed by atoms with Gasteiger partial charge in [-0.3, -0.25) is 14.9 Å². The molecule has 2 N–H and O–H groups in total. The zero-order valence-corrected chi connectivity index (χ0v) is 13.1. The molecule has 0 bridgehead atoms. The number of carbonyl (C=O) groups is 2. The highest BCUT2D eigenvalue weighted by Crippen LogP contribution is 2.31. The van der Waals surface area contributed by atoms with E-state index < -0.39 is 17.6 Å². The zero-order chi connectivity index (χ0) is 15.5. The number of carboxylic acid groups (broad SMARTS) is 1. The van der Waals surface area contributed by atoms with E-state index >= 15 is 0 Å². The van der Waals surface area contributed by atoms with Crippen molar-refractivity contribution in [3.8, 4) is 0 Å². The van der Waals surface area contributed by atoms with Crippen LogP contribution in [0.4, 0.5) is 0 Å². The molecule has 1 atom stereocenters. The summed E-state index contributed by atoms with van der Waals surface area (Å²) in [5.74, 6) is -0.797. The summed E-state index contributed by atoms with van der Waals surface area (Å²) >= 11 is 0. The first-order valence-corrected chi connectivity index (χ1v) is 7.93. The van der Waals surface area contributed by atoms with Gasteiger partial charge in [0.1, 0.15) is 6.04 Å². The first kappa shape index (κ1) is 16.2. The summed E-state index contributed by atoms with van der Waals surface area (Å²) in [6.07, 6.45) is 4.59. The summed E-state index contributed by atoms with van der Waals surface area (Å²) in [6, 6.07) is -0.695. The van der Waals surface area contributed by atoms with E-state index in [9.17, 15) is 9.59 Å². The van der Waals surface area contributed by atoms with Crippen LogP contribution in [0.25, 0.3) is 0 Å². The van der Waals surface area contributed by atoms with E-state index in [1.807, 2.05) is 4.90 Å². The van der Waals surface area contributed by atoms with E-state index in [0.29, 0.717) is 0 Å². The molecule has 1 saturated heterocycles. The third kappa shape index (κ3) is 3.74. The second kappa shape index (κ2) is 6.75. The average Bonchev–Trinajstić information content (AvgIpc) is 2.48. The Morgan fingerprint density at radius 3 is 2.19 bits per heavy atom. The maximum Gasteiger partial charge on any atom is 0.320 e. The van der Waals surface area contributed by atoms with E-state index in [1.165, 1.54) is 0 Å². The van der Waals surface area contributed by atoms with Gasteiger partial charge < -0.3 is 14.9 Å². The van der Waals surface area contributed by atoms with Crippen LogP contribution in [0, 0.1) is 0 Å². The summed E-state index contributed by atoms with van der Waals surface area (Å²) in [6.45, 7) is 4.86. The van der Waals surface area contributed by atoms with Crippen LogP contribution >= 0.6 is 0 Å². The van der Waals surface area contributed by atoms with E-state index in [4.69, 9.17) is 5.11 Å². The van der Waals surface area contributed by atoms with Gasteiger partial charge >= 0.3 is 5.97 Å². The highest BCUT2D eigenvalue weighted by molar-refractivity contribution is 5.87. The van der Waals surface area contributed by atoms with Crippen molar-refractivity contribution in [2.75, 3.05) is 33.2 Å². The fourth-order valence-corrected chi connectivity index (χ4v) is 3.36. The van der Waals surface area contributed by atoms with Crippen molar-refractivity contribution >= 4 is 11.9 Å². The molecule has 1 unspecified atom stereocenters. The Labute approximate surface area is 126 Å². The van der Waals surface area contributed by atoms with E-state index in [-0.39, 0.29) is 5.91 Å². The zero-order valence-electron chi connectivity index (χ0n) is 13.1.